The molecule has 0 aliphatic carbocycles. The van der Waals surface area contributed by atoms with Gasteiger partial charge in [0, 0.05) is 49.3 Å². The number of hydrogen-bond donors (Lipinski definition) is 0. The van der Waals surface area contributed by atoms with E-state index in [1.54, 1.807) is 0 Å². The molecule has 196 valence electrons. The van der Waals surface area contributed by atoms with Gasteiger partial charge < -0.3 is 4.90 Å². The molecule has 0 radical (unpaired) electrons. The average Bonchev–Trinajstić information content (AvgIpc) is 3.20. The number of nitrogens with zero attached hydrogens (tertiary/aromatic N) is 2. The first-order valence-electron chi connectivity index (χ1n) is 14.1. The van der Waals surface area contributed by atoms with E-state index in [1.807, 2.05) is 61.2 Å². The Morgan fingerprint density at radius 3 is 1.76 bits per heavy atom. The Morgan fingerprint density at radius 1 is 0.711 bits per heavy atom. The Bertz CT molecular complexity index is 1260. The van der Waals surface area contributed by atoms with Crippen LogP contribution in [0.5, 0.6) is 0 Å². The summed E-state index contributed by atoms with van der Waals surface area (Å²) in [5.74, 6) is 0.322. The molecule has 2 fully saturated rings. The smallest absolute Gasteiger partial charge is 0.253 e. The maximum Gasteiger partial charge on any atom is 0.253 e. The summed E-state index contributed by atoms with van der Waals surface area (Å²) >= 11 is 0. The first kappa shape index (κ1) is 26.1. The summed E-state index contributed by atoms with van der Waals surface area (Å²) in [7, 11) is 0. The Kier molecular flexibility index (Phi) is 8.19. The summed E-state index contributed by atoms with van der Waals surface area (Å²) in [6.45, 7) is 6.30. The lowest BCUT2D eigenvalue weighted by molar-refractivity contribution is 0.0772. The van der Waals surface area contributed by atoms with Crippen molar-refractivity contribution in [2.75, 3.05) is 19.6 Å². The van der Waals surface area contributed by atoms with E-state index in [-0.39, 0.29) is 11.7 Å². The van der Waals surface area contributed by atoms with E-state index in [0.717, 1.165) is 30.5 Å². The molecule has 2 heterocycles. The highest BCUT2D eigenvalue weighted by atomic mass is 16.2. The predicted molar refractivity (Wildman–Crippen MR) is 154 cm³/mol. The quantitative estimate of drug-likeness (QED) is 0.297. The standard InChI is InChI=1S/C34H38N2O2/c1-3-35(4-2)34(38)28-17-15-27(16-18-28)33(26-13-9-6-10-14-26)29-23-30-19-20-31(24-29)36(30)22-21-32(37)25-11-7-5-8-12-25/h5-18,30-31H,3-4,19-24H2,1-2H3. The minimum Gasteiger partial charge on any atom is -0.339 e. The Morgan fingerprint density at radius 2 is 1.21 bits per heavy atom. The van der Waals surface area contributed by atoms with Gasteiger partial charge in [-0.15, -0.1) is 0 Å². The topological polar surface area (TPSA) is 40.6 Å². The fraction of sp³-hybridized carbons (Fsp3) is 0.353. The third-order valence-electron chi connectivity index (χ3n) is 8.32. The van der Waals surface area contributed by atoms with E-state index in [1.165, 1.54) is 35.1 Å². The summed E-state index contributed by atoms with van der Waals surface area (Å²) in [5, 5.41) is 0. The number of carbonyl (C=O) groups is 2. The fourth-order valence-corrected chi connectivity index (χ4v) is 6.33. The van der Waals surface area contributed by atoms with E-state index in [0.29, 0.717) is 31.6 Å². The van der Waals surface area contributed by atoms with Crippen LogP contribution in [-0.2, 0) is 0 Å². The fourth-order valence-electron chi connectivity index (χ4n) is 6.33. The maximum atomic E-state index is 12.9. The van der Waals surface area contributed by atoms with E-state index >= 15 is 0 Å². The number of ketones is 1. The van der Waals surface area contributed by atoms with Gasteiger partial charge >= 0.3 is 0 Å². The van der Waals surface area contributed by atoms with Crippen LogP contribution in [0.2, 0.25) is 0 Å². The van der Waals surface area contributed by atoms with Crippen molar-refractivity contribution < 1.29 is 9.59 Å². The molecule has 2 saturated heterocycles. The number of Topliss-reactive ketones (excluding diaryl/α,β-unsaturated/α-hetero) is 1. The molecule has 2 bridgehead atoms. The molecule has 2 atom stereocenters. The third kappa shape index (κ3) is 5.51. The highest BCUT2D eigenvalue weighted by Gasteiger charge is 2.39. The number of fused-ring (bicyclic) bond motifs is 2. The van der Waals surface area contributed by atoms with Crippen molar-refractivity contribution in [2.24, 2.45) is 0 Å². The number of piperidine rings is 1. The molecule has 3 aromatic rings. The lowest BCUT2D eigenvalue weighted by Crippen LogP contribution is -2.41. The van der Waals surface area contributed by atoms with Crippen molar-refractivity contribution in [3.63, 3.8) is 0 Å². The van der Waals surface area contributed by atoms with Gasteiger partial charge in [0.15, 0.2) is 5.78 Å². The van der Waals surface area contributed by atoms with Crippen molar-refractivity contribution in [2.45, 2.75) is 58.0 Å². The first-order valence-corrected chi connectivity index (χ1v) is 14.1. The molecular formula is C34H38N2O2. The number of amides is 1. The Hall–Kier alpha value is -3.50. The van der Waals surface area contributed by atoms with E-state index in [4.69, 9.17) is 0 Å². The second kappa shape index (κ2) is 11.9. The molecular weight excluding hydrogens is 468 g/mol. The molecule has 2 aliphatic heterocycles. The van der Waals surface area contributed by atoms with Crippen LogP contribution in [0.25, 0.3) is 5.57 Å². The summed E-state index contributed by atoms with van der Waals surface area (Å²) in [4.78, 5) is 30.1. The molecule has 3 aromatic carbocycles. The van der Waals surface area contributed by atoms with Gasteiger partial charge in [-0.1, -0.05) is 78.4 Å². The third-order valence-corrected chi connectivity index (χ3v) is 8.32. The zero-order valence-electron chi connectivity index (χ0n) is 22.6. The zero-order valence-corrected chi connectivity index (χ0v) is 22.6. The van der Waals surface area contributed by atoms with Crippen molar-refractivity contribution in [3.05, 3.63) is 113 Å². The monoisotopic (exact) mass is 506 g/mol. The minimum atomic E-state index is 0.0897. The highest BCUT2D eigenvalue weighted by Crippen LogP contribution is 2.43. The summed E-state index contributed by atoms with van der Waals surface area (Å²) in [5.41, 5.74) is 6.77. The van der Waals surface area contributed by atoms with Crippen LogP contribution in [0.1, 0.15) is 77.8 Å². The molecule has 4 nitrogen and oxygen atoms in total. The predicted octanol–water partition coefficient (Wildman–Crippen LogP) is 6.87. The van der Waals surface area contributed by atoms with E-state index in [2.05, 4.69) is 47.4 Å². The molecule has 1 amide bonds. The Labute approximate surface area is 227 Å². The van der Waals surface area contributed by atoms with Gasteiger partial charge in [-0.25, -0.2) is 0 Å². The molecule has 0 saturated carbocycles. The Balaban J connectivity index is 1.38. The second-order valence-corrected chi connectivity index (χ2v) is 10.5. The zero-order chi connectivity index (χ0) is 26.5. The largest absolute Gasteiger partial charge is 0.339 e. The second-order valence-electron chi connectivity index (χ2n) is 10.5. The van der Waals surface area contributed by atoms with Gasteiger partial charge in [0.05, 0.1) is 0 Å². The van der Waals surface area contributed by atoms with E-state index in [9.17, 15) is 9.59 Å². The van der Waals surface area contributed by atoms with Gasteiger partial charge in [-0.2, -0.15) is 0 Å². The van der Waals surface area contributed by atoms with Crippen molar-refractivity contribution >= 4 is 17.3 Å². The normalized spacial score (nSPS) is 18.8. The average molecular weight is 507 g/mol. The van der Waals surface area contributed by atoms with Gasteiger partial charge in [0.25, 0.3) is 5.91 Å². The van der Waals surface area contributed by atoms with Crippen molar-refractivity contribution in [3.8, 4) is 0 Å². The summed E-state index contributed by atoms with van der Waals surface area (Å²) in [6.07, 6.45) is 5.00. The van der Waals surface area contributed by atoms with E-state index < -0.39 is 0 Å². The van der Waals surface area contributed by atoms with Crippen LogP contribution < -0.4 is 0 Å². The maximum absolute atomic E-state index is 12.9. The summed E-state index contributed by atoms with van der Waals surface area (Å²) < 4.78 is 0. The van der Waals surface area contributed by atoms with Gasteiger partial charge in [-0.3, -0.25) is 14.5 Å². The van der Waals surface area contributed by atoms with Crippen LogP contribution in [0.4, 0.5) is 0 Å². The molecule has 2 unspecified atom stereocenters. The van der Waals surface area contributed by atoms with Gasteiger partial charge in [-0.05, 0) is 68.4 Å². The van der Waals surface area contributed by atoms with Crippen molar-refractivity contribution in [1.29, 1.82) is 0 Å². The number of carbonyl (C=O) groups excluding carboxylic acids is 2. The van der Waals surface area contributed by atoms with Crippen LogP contribution in [0.15, 0.2) is 90.5 Å². The van der Waals surface area contributed by atoms with Crippen LogP contribution in [-0.4, -0.2) is 53.2 Å². The molecule has 5 rings (SSSR count). The number of benzene rings is 3. The highest BCUT2D eigenvalue weighted by molar-refractivity contribution is 5.96. The van der Waals surface area contributed by atoms with Crippen LogP contribution >= 0.6 is 0 Å². The van der Waals surface area contributed by atoms with Gasteiger partial charge in [0.2, 0.25) is 0 Å². The molecule has 0 aromatic heterocycles. The first-order chi connectivity index (χ1) is 18.6. The van der Waals surface area contributed by atoms with Crippen LogP contribution in [0, 0.1) is 0 Å². The lowest BCUT2D eigenvalue weighted by Gasteiger charge is -2.37. The van der Waals surface area contributed by atoms with Gasteiger partial charge in [0.1, 0.15) is 0 Å². The molecule has 38 heavy (non-hydrogen) atoms. The molecule has 4 heteroatoms. The van der Waals surface area contributed by atoms with Crippen LogP contribution in [0.3, 0.4) is 0 Å². The molecule has 0 N–H and O–H groups in total. The lowest BCUT2D eigenvalue weighted by atomic mass is 9.85. The van der Waals surface area contributed by atoms with Crippen molar-refractivity contribution in [1.82, 2.24) is 9.80 Å². The number of hydrogen-bond acceptors (Lipinski definition) is 3. The number of rotatable bonds is 9. The SMILES string of the molecule is CCN(CC)C(=O)c1ccc(C(=C2CC3CCC(C2)N3CCC(=O)c2ccccc2)c2ccccc2)cc1. The molecule has 0 spiro atoms. The summed E-state index contributed by atoms with van der Waals surface area (Å²) in [6, 6.07) is 29.5. The molecule has 2 aliphatic rings. The minimum absolute atomic E-state index is 0.0897.